The summed E-state index contributed by atoms with van der Waals surface area (Å²) in [6.45, 7) is 0. The molecule has 0 radical (unpaired) electrons. The number of rotatable bonds is 4. The molecule has 272 valence electrons. The molecule has 4 nitrogen and oxygen atoms in total. The lowest BCUT2D eigenvalue weighted by Gasteiger charge is -2.28. The van der Waals surface area contributed by atoms with Gasteiger partial charge in [-0.25, -0.2) is 15.0 Å². The van der Waals surface area contributed by atoms with Crippen LogP contribution in [0.2, 0.25) is 0 Å². The molecule has 10 rings (SSSR count). The van der Waals surface area contributed by atoms with Gasteiger partial charge in [0.1, 0.15) is 97.5 Å². The third kappa shape index (κ3) is 5.50. The van der Waals surface area contributed by atoms with Gasteiger partial charge in [-0.2, -0.15) is 0 Å². The van der Waals surface area contributed by atoms with E-state index in [2.05, 4.69) is 111 Å². The van der Waals surface area contributed by atoms with Crippen molar-refractivity contribution in [1.29, 1.82) is 0 Å². The minimum absolute atomic E-state index is 0.612. The van der Waals surface area contributed by atoms with E-state index in [1.54, 1.807) is 0 Å². The maximum absolute atomic E-state index is 6.62. The molecule has 60 heavy (non-hydrogen) atoms. The molecule has 0 aliphatic carbocycles. The second-order valence-electron chi connectivity index (χ2n) is 17.0. The van der Waals surface area contributed by atoms with E-state index in [1.807, 2.05) is 72.8 Å². The molecule has 0 saturated heterocycles. The molecule has 2 heterocycles. The summed E-state index contributed by atoms with van der Waals surface area (Å²) in [5.74, 6) is 1.88. The number of fused-ring (bicyclic) bond motifs is 9. The molecule has 2 aromatic heterocycles. The van der Waals surface area contributed by atoms with Crippen LogP contribution in [-0.2, 0) is 0 Å². The fourth-order valence-electron chi connectivity index (χ4n) is 10.2. The monoisotopic (exact) mass is 757 g/mol. The quantitative estimate of drug-likeness (QED) is 0.133. The van der Waals surface area contributed by atoms with E-state index < -0.39 is 0 Å². The average Bonchev–Trinajstić information content (AvgIpc) is 3.66. The number of aromatic nitrogens is 3. The molecular weight excluding hydrogens is 717 g/mol. The molecule has 0 aliphatic heterocycles. The van der Waals surface area contributed by atoms with Crippen molar-refractivity contribution in [3.63, 3.8) is 0 Å². The second-order valence-corrected chi connectivity index (χ2v) is 17.0. The van der Waals surface area contributed by atoms with Crippen LogP contribution >= 0.6 is 0 Å². The van der Waals surface area contributed by atoms with Crippen molar-refractivity contribution < 1.29 is 4.42 Å². The Balaban J connectivity index is 1.29. The third-order valence-corrected chi connectivity index (χ3v) is 14.2. The first-order valence-electron chi connectivity index (χ1n) is 21.1. The Morgan fingerprint density at radius 3 is 1.23 bits per heavy atom. The van der Waals surface area contributed by atoms with Crippen LogP contribution in [-0.4, -0.2) is 101 Å². The summed E-state index contributed by atoms with van der Waals surface area (Å²) >= 11 is 0. The first kappa shape index (κ1) is 38.3. The van der Waals surface area contributed by atoms with Crippen LogP contribution in [0.5, 0.6) is 0 Å². The number of hydrogen-bond acceptors (Lipinski definition) is 4. The second kappa shape index (κ2) is 14.1. The standard InChI is InChI=1S/C45H38B11N3O/c46-32-24(33(47)34(48)27-26(32)28-30(37(51)41(55)39(53)35(28)49)31-29(27)36(50)40(54)42(56)38(31)52)19-14-15-22-21(16-19)25-20(12-7-13-23(25)60-22)45-58-43(17-8-3-1-4-9-17)57-44(59-45)18-10-5-2-6-11-18/h1-16H,46-56H2. The molecule has 0 aliphatic rings. The highest BCUT2D eigenvalue weighted by atomic mass is 16.3. The van der Waals surface area contributed by atoms with Gasteiger partial charge < -0.3 is 4.42 Å². The molecule has 10 aromatic rings. The molecule has 0 amide bonds. The summed E-state index contributed by atoms with van der Waals surface area (Å²) < 4.78 is 6.62. The number of hydrogen-bond donors (Lipinski definition) is 0. The lowest BCUT2D eigenvalue weighted by Crippen LogP contribution is -2.51. The number of nitrogens with zero attached hydrogens (tertiary/aromatic N) is 3. The van der Waals surface area contributed by atoms with Crippen LogP contribution in [0.3, 0.4) is 0 Å². The van der Waals surface area contributed by atoms with E-state index in [4.69, 9.17) is 19.4 Å². The summed E-state index contributed by atoms with van der Waals surface area (Å²) in [7, 11) is 25.6. The van der Waals surface area contributed by atoms with Crippen molar-refractivity contribution >= 4 is 201 Å². The van der Waals surface area contributed by atoms with Crippen molar-refractivity contribution in [1.82, 2.24) is 15.0 Å². The Morgan fingerprint density at radius 2 is 0.750 bits per heavy atom. The van der Waals surface area contributed by atoms with Gasteiger partial charge >= 0.3 is 0 Å². The Labute approximate surface area is 360 Å². The number of furan rings is 1. The molecular formula is C45H38B11N3O. The minimum atomic E-state index is 0.612. The van der Waals surface area contributed by atoms with Crippen LogP contribution in [0, 0.1) is 0 Å². The predicted octanol–water partition coefficient (Wildman–Crippen LogP) is -7.26. The van der Waals surface area contributed by atoms with Crippen molar-refractivity contribution in [2.45, 2.75) is 0 Å². The first-order valence-corrected chi connectivity index (χ1v) is 21.1. The highest BCUT2D eigenvalue weighted by molar-refractivity contribution is 6.75. The Hall–Kier alpha value is -5.94. The fraction of sp³-hybridized carbons (Fsp3) is 0. The topological polar surface area (TPSA) is 51.8 Å². The summed E-state index contributed by atoms with van der Waals surface area (Å²) in [4.78, 5) is 15.2. The van der Waals surface area contributed by atoms with Crippen LogP contribution in [0.1, 0.15) is 0 Å². The van der Waals surface area contributed by atoms with E-state index in [-0.39, 0.29) is 0 Å². The molecule has 0 unspecified atom stereocenters. The molecule has 0 spiro atoms. The van der Waals surface area contributed by atoms with E-state index in [0.717, 1.165) is 38.6 Å². The summed E-state index contributed by atoms with van der Waals surface area (Å²) in [5, 5.41) is 10.4. The van der Waals surface area contributed by atoms with Crippen molar-refractivity contribution in [3.8, 4) is 45.3 Å². The van der Waals surface area contributed by atoms with Crippen LogP contribution in [0.25, 0.3) is 99.5 Å². The maximum atomic E-state index is 6.62. The molecule has 0 N–H and O–H groups in total. The van der Waals surface area contributed by atoms with Gasteiger partial charge in [0.15, 0.2) is 17.5 Å². The zero-order chi connectivity index (χ0) is 41.9. The average molecular weight is 756 g/mol. The fourth-order valence-corrected chi connectivity index (χ4v) is 10.2. The molecule has 15 heteroatoms. The summed E-state index contributed by atoms with van der Waals surface area (Å²) in [5.41, 5.74) is 21.9. The SMILES string of the molecule is Bc1c(B)c(B)c2c(c1B)c1c(B)c(B)c(B)c(B)c1c1c(B)c(-c3ccc4oc5cccc(-c6nc(-c7ccccc7)nc(-c7ccccc7)n6)c5c4c3)c(B)c(B)c21. The number of benzene rings is 8. The van der Waals surface area contributed by atoms with Gasteiger partial charge in [0.25, 0.3) is 0 Å². The first-order chi connectivity index (χ1) is 28.9. The smallest absolute Gasteiger partial charge is 0.164 e. The largest absolute Gasteiger partial charge is 0.456 e. The van der Waals surface area contributed by atoms with E-state index in [9.17, 15) is 0 Å². The molecule has 0 fully saturated rings. The van der Waals surface area contributed by atoms with E-state index in [1.165, 1.54) is 104 Å². The lowest BCUT2D eigenvalue weighted by atomic mass is 9.58. The van der Waals surface area contributed by atoms with Crippen LogP contribution in [0.15, 0.2) is 101 Å². The van der Waals surface area contributed by atoms with Gasteiger partial charge in [-0.15, -0.1) is 21.9 Å². The lowest BCUT2D eigenvalue weighted by molar-refractivity contribution is 0.669. The molecule has 0 atom stereocenters. The van der Waals surface area contributed by atoms with Crippen molar-refractivity contribution in [3.05, 3.63) is 97.1 Å². The molecule has 0 bridgehead atoms. The Kier molecular flexibility index (Phi) is 8.98. The van der Waals surface area contributed by atoms with Crippen LogP contribution < -0.4 is 60.1 Å². The van der Waals surface area contributed by atoms with Crippen molar-refractivity contribution in [2.24, 2.45) is 0 Å². The molecule has 8 aromatic carbocycles. The third-order valence-electron chi connectivity index (χ3n) is 14.2. The van der Waals surface area contributed by atoms with Crippen LogP contribution in [0.4, 0.5) is 0 Å². The van der Waals surface area contributed by atoms with Crippen molar-refractivity contribution in [2.75, 3.05) is 0 Å². The van der Waals surface area contributed by atoms with Gasteiger partial charge in [0.05, 0.1) is 0 Å². The zero-order valence-electron chi connectivity index (χ0n) is 36.5. The van der Waals surface area contributed by atoms with Gasteiger partial charge in [-0.3, -0.25) is 0 Å². The zero-order valence-corrected chi connectivity index (χ0v) is 36.5. The van der Waals surface area contributed by atoms with Gasteiger partial charge in [-0.1, -0.05) is 117 Å². The predicted molar refractivity (Wildman–Crippen MR) is 291 cm³/mol. The van der Waals surface area contributed by atoms with Gasteiger partial charge in [-0.05, 0) is 61.6 Å². The summed E-state index contributed by atoms with van der Waals surface area (Å²) in [6, 6.07) is 33.2. The van der Waals surface area contributed by atoms with Gasteiger partial charge in [0.2, 0.25) is 0 Å². The maximum Gasteiger partial charge on any atom is 0.164 e. The highest BCUT2D eigenvalue weighted by Crippen LogP contribution is 2.39. The highest BCUT2D eigenvalue weighted by Gasteiger charge is 2.25. The normalized spacial score (nSPS) is 11.7. The summed E-state index contributed by atoms with van der Waals surface area (Å²) in [6.07, 6.45) is 0. The van der Waals surface area contributed by atoms with E-state index >= 15 is 0 Å². The molecule has 0 saturated carbocycles. The van der Waals surface area contributed by atoms with Gasteiger partial charge in [0, 0.05) is 27.5 Å². The Bertz CT molecular complexity index is 3400. The van der Waals surface area contributed by atoms with E-state index in [0.29, 0.717) is 17.5 Å². The Morgan fingerprint density at radius 1 is 0.317 bits per heavy atom. The minimum Gasteiger partial charge on any atom is -0.456 e.